The summed E-state index contributed by atoms with van der Waals surface area (Å²) in [7, 11) is 3.49. The Kier molecular flexibility index (Phi) is 31.3. The maximum absolute atomic E-state index is 12.8. The van der Waals surface area contributed by atoms with Crippen LogP contribution >= 0.6 is 21.6 Å². The van der Waals surface area contributed by atoms with E-state index in [4.69, 9.17) is 9.47 Å². The third kappa shape index (κ3) is 25.4. The molecule has 0 heterocycles. The van der Waals surface area contributed by atoms with E-state index in [0.29, 0.717) is 13.2 Å². The Morgan fingerprint density at radius 2 is 0.750 bits per heavy atom. The van der Waals surface area contributed by atoms with Gasteiger partial charge in [0.1, 0.15) is 0 Å². The van der Waals surface area contributed by atoms with Crippen molar-refractivity contribution in [3.8, 4) is 0 Å². The second-order valence-electron chi connectivity index (χ2n) is 11.5. The molecule has 40 heavy (non-hydrogen) atoms. The summed E-state index contributed by atoms with van der Waals surface area (Å²) in [5, 5.41) is 0. The van der Waals surface area contributed by atoms with Gasteiger partial charge >= 0.3 is 11.9 Å². The van der Waals surface area contributed by atoms with Gasteiger partial charge in [0.15, 0.2) is 0 Å². The second kappa shape index (κ2) is 31.6. The van der Waals surface area contributed by atoms with Crippen molar-refractivity contribution in [3.05, 3.63) is 0 Å². The van der Waals surface area contributed by atoms with Crippen LogP contribution in [-0.2, 0) is 19.1 Å². The number of esters is 2. The first-order chi connectivity index (χ1) is 19.6. The molecule has 0 rings (SSSR count). The summed E-state index contributed by atoms with van der Waals surface area (Å²) in [6.45, 7) is 9.82. The molecule has 0 aliphatic carbocycles. The number of rotatable bonds is 31. The average Bonchev–Trinajstić information content (AvgIpc) is 2.95. The molecule has 0 amide bonds. The van der Waals surface area contributed by atoms with Gasteiger partial charge in [0.25, 0.3) is 0 Å². The predicted molar refractivity (Wildman–Crippen MR) is 178 cm³/mol. The van der Waals surface area contributed by atoms with E-state index in [1.807, 2.05) is 0 Å². The Morgan fingerprint density at radius 1 is 0.450 bits per heavy atom. The van der Waals surface area contributed by atoms with Gasteiger partial charge in [0, 0.05) is 11.5 Å². The molecule has 0 bridgehead atoms. The molecule has 0 N–H and O–H groups in total. The first-order valence-corrected chi connectivity index (χ1v) is 19.7. The van der Waals surface area contributed by atoms with Gasteiger partial charge in [-0.2, -0.15) is 0 Å². The Balaban J connectivity index is 4.57. The normalized spacial score (nSPS) is 12.8. The molecule has 0 radical (unpaired) electrons. The lowest BCUT2D eigenvalue weighted by molar-refractivity contribution is -0.149. The number of ether oxygens (including phenoxy) is 2. The van der Waals surface area contributed by atoms with Crippen LogP contribution in [-0.4, -0.2) is 36.7 Å². The van der Waals surface area contributed by atoms with Gasteiger partial charge in [0.05, 0.1) is 25.0 Å². The molecular weight excluding hydrogens is 537 g/mol. The zero-order valence-electron chi connectivity index (χ0n) is 27.0. The number of carbonyl (C=O) groups excluding carboxylic acids is 2. The van der Waals surface area contributed by atoms with Crippen LogP contribution < -0.4 is 0 Å². The van der Waals surface area contributed by atoms with E-state index in [0.717, 1.165) is 62.9 Å². The SMILES string of the molecule is CCCCCCCCCCC(CSSCC(CCCCCCCCCC)C(=O)OCCCC)C(=O)OCCCC. The maximum Gasteiger partial charge on any atom is 0.309 e. The Bertz CT molecular complexity index is 510. The molecule has 0 saturated carbocycles. The zero-order chi connectivity index (χ0) is 29.5. The van der Waals surface area contributed by atoms with Crippen LogP contribution in [0.4, 0.5) is 0 Å². The third-order valence-corrected chi connectivity index (χ3v) is 10.1. The molecule has 6 heteroatoms. The lowest BCUT2D eigenvalue weighted by Crippen LogP contribution is -2.22. The van der Waals surface area contributed by atoms with Crippen molar-refractivity contribution in [3.63, 3.8) is 0 Å². The van der Waals surface area contributed by atoms with Crippen molar-refractivity contribution >= 4 is 33.5 Å². The molecule has 4 nitrogen and oxygen atoms in total. The minimum absolute atomic E-state index is 0.0287. The minimum Gasteiger partial charge on any atom is -0.465 e. The van der Waals surface area contributed by atoms with Crippen molar-refractivity contribution < 1.29 is 19.1 Å². The van der Waals surface area contributed by atoms with Crippen molar-refractivity contribution in [2.45, 2.75) is 169 Å². The molecule has 238 valence electrons. The third-order valence-electron chi connectivity index (χ3n) is 7.59. The van der Waals surface area contributed by atoms with E-state index in [2.05, 4.69) is 27.7 Å². The van der Waals surface area contributed by atoms with Gasteiger partial charge in [-0.05, 0) is 25.7 Å². The Morgan fingerprint density at radius 3 is 1.07 bits per heavy atom. The molecule has 2 atom stereocenters. The highest BCUT2D eigenvalue weighted by molar-refractivity contribution is 8.76. The molecule has 0 fully saturated rings. The standard InChI is InChI=1S/C34H66O4S2/c1-5-9-13-15-17-19-21-23-25-31(33(35)37-27-11-7-3)29-39-40-30-32(34(36)38-28-12-8-4)26-24-22-20-18-16-14-10-6-2/h31-32H,5-30H2,1-4H3. The molecule has 0 aromatic carbocycles. The largest absolute Gasteiger partial charge is 0.465 e. The van der Waals surface area contributed by atoms with Crippen LogP contribution in [0.5, 0.6) is 0 Å². The maximum atomic E-state index is 12.8. The lowest BCUT2D eigenvalue weighted by atomic mass is 10.0. The van der Waals surface area contributed by atoms with E-state index in [-0.39, 0.29) is 23.8 Å². The van der Waals surface area contributed by atoms with Crippen molar-refractivity contribution in [1.29, 1.82) is 0 Å². The summed E-state index contributed by atoms with van der Waals surface area (Å²) in [6, 6.07) is 0. The van der Waals surface area contributed by atoms with Gasteiger partial charge in [-0.1, -0.05) is 165 Å². The van der Waals surface area contributed by atoms with Gasteiger partial charge < -0.3 is 9.47 Å². The van der Waals surface area contributed by atoms with Gasteiger partial charge in [-0.15, -0.1) is 0 Å². The van der Waals surface area contributed by atoms with Crippen LogP contribution in [0.25, 0.3) is 0 Å². The summed E-state index contributed by atoms with van der Waals surface area (Å²) < 4.78 is 11.2. The van der Waals surface area contributed by atoms with Crippen LogP contribution in [0.2, 0.25) is 0 Å². The average molecular weight is 603 g/mol. The molecule has 0 aromatic rings. The van der Waals surface area contributed by atoms with Gasteiger partial charge in [-0.3, -0.25) is 9.59 Å². The summed E-state index contributed by atoms with van der Waals surface area (Å²) in [4.78, 5) is 25.6. The topological polar surface area (TPSA) is 52.6 Å². The number of unbranched alkanes of at least 4 members (excludes halogenated alkanes) is 16. The highest BCUT2D eigenvalue weighted by Gasteiger charge is 2.23. The summed E-state index contributed by atoms with van der Waals surface area (Å²) in [6.07, 6.45) is 26.1. The lowest BCUT2D eigenvalue weighted by Gasteiger charge is -2.18. The smallest absolute Gasteiger partial charge is 0.309 e. The first-order valence-electron chi connectivity index (χ1n) is 17.2. The van der Waals surface area contributed by atoms with E-state index < -0.39 is 0 Å². The fourth-order valence-corrected chi connectivity index (χ4v) is 7.41. The van der Waals surface area contributed by atoms with Crippen LogP contribution in [0.15, 0.2) is 0 Å². The summed E-state index contributed by atoms with van der Waals surface area (Å²) >= 11 is 0. The molecule has 2 unspecified atom stereocenters. The molecule has 0 aliphatic rings. The van der Waals surface area contributed by atoms with E-state index >= 15 is 0 Å². The highest BCUT2D eigenvalue weighted by Crippen LogP contribution is 2.31. The molecule has 0 aromatic heterocycles. The molecule has 0 aliphatic heterocycles. The summed E-state index contributed by atoms with van der Waals surface area (Å²) in [5.74, 6) is 1.38. The van der Waals surface area contributed by atoms with Crippen molar-refractivity contribution in [1.82, 2.24) is 0 Å². The van der Waals surface area contributed by atoms with E-state index in [1.54, 1.807) is 21.6 Å². The second-order valence-corrected chi connectivity index (χ2v) is 14.1. The first kappa shape index (κ1) is 39.6. The molecule has 0 spiro atoms. The minimum atomic E-state index is -0.0443. The van der Waals surface area contributed by atoms with Gasteiger partial charge in [0.2, 0.25) is 0 Å². The number of hydrogen-bond donors (Lipinski definition) is 0. The monoisotopic (exact) mass is 602 g/mol. The van der Waals surface area contributed by atoms with E-state index in [1.165, 1.54) is 89.9 Å². The molecular formula is C34H66O4S2. The highest BCUT2D eigenvalue weighted by atomic mass is 33.1. The van der Waals surface area contributed by atoms with Gasteiger partial charge in [-0.25, -0.2) is 0 Å². The molecule has 0 saturated heterocycles. The zero-order valence-corrected chi connectivity index (χ0v) is 28.6. The number of carbonyl (C=O) groups is 2. The quantitative estimate of drug-likeness (QED) is 0.0447. The van der Waals surface area contributed by atoms with Crippen LogP contribution in [0.3, 0.4) is 0 Å². The summed E-state index contributed by atoms with van der Waals surface area (Å²) in [5.41, 5.74) is 0. The Hall–Kier alpha value is -0.360. The fraction of sp³-hybridized carbons (Fsp3) is 0.941. The van der Waals surface area contributed by atoms with Crippen LogP contribution in [0, 0.1) is 11.8 Å². The van der Waals surface area contributed by atoms with Crippen LogP contribution in [0.1, 0.15) is 169 Å². The fourth-order valence-electron chi connectivity index (χ4n) is 4.72. The van der Waals surface area contributed by atoms with Crippen molar-refractivity contribution in [2.24, 2.45) is 11.8 Å². The number of hydrogen-bond acceptors (Lipinski definition) is 6. The Labute approximate surface area is 257 Å². The van der Waals surface area contributed by atoms with Crippen molar-refractivity contribution in [2.75, 3.05) is 24.7 Å². The predicted octanol–water partition coefficient (Wildman–Crippen LogP) is 11.3. The van der Waals surface area contributed by atoms with E-state index in [9.17, 15) is 9.59 Å².